The van der Waals surface area contributed by atoms with Crippen molar-refractivity contribution < 1.29 is 4.39 Å². The number of hydrogen-bond acceptors (Lipinski definition) is 2. The minimum Gasteiger partial charge on any atom is -0.307 e. The SMILES string of the molecule is CC(NC1CCC1)c1cncc(F)c1. The van der Waals surface area contributed by atoms with Crippen LogP contribution in [0.25, 0.3) is 0 Å². The highest BCUT2D eigenvalue weighted by molar-refractivity contribution is 5.14. The molecule has 14 heavy (non-hydrogen) atoms. The topological polar surface area (TPSA) is 24.9 Å². The predicted octanol–water partition coefficient (Wildman–Crippen LogP) is 2.42. The Bertz CT molecular complexity index is 310. The zero-order chi connectivity index (χ0) is 9.97. The van der Waals surface area contributed by atoms with Gasteiger partial charge in [0.25, 0.3) is 0 Å². The lowest BCUT2D eigenvalue weighted by Gasteiger charge is -2.30. The Kier molecular flexibility index (Phi) is 2.77. The first kappa shape index (κ1) is 9.59. The van der Waals surface area contributed by atoms with E-state index in [1.165, 1.54) is 25.5 Å². The molecule has 1 aromatic heterocycles. The van der Waals surface area contributed by atoms with Crippen molar-refractivity contribution in [1.29, 1.82) is 0 Å². The van der Waals surface area contributed by atoms with Gasteiger partial charge >= 0.3 is 0 Å². The molecule has 0 aromatic carbocycles. The van der Waals surface area contributed by atoms with Crippen molar-refractivity contribution in [3.8, 4) is 0 Å². The van der Waals surface area contributed by atoms with Crippen LogP contribution in [0.2, 0.25) is 0 Å². The van der Waals surface area contributed by atoms with E-state index in [-0.39, 0.29) is 11.9 Å². The van der Waals surface area contributed by atoms with Gasteiger partial charge in [0, 0.05) is 18.3 Å². The van der Waals surface area contributed by atoms with Gasteiger partial charge in [0.1, 0.15) is 5.82 Å². The Morgan fingerprint density at radius 3 is 2.86 bits per heavy atom. The normalized spacial score (nSPS) is 19.0. The van der Waals surface area contributed by atoms with Gasteiger partial charge in [-0.25, -0.2) is 4.39 Å². The molecule has 1 aliphatic rings. The molecule has 1 saturated carbocycles. The van der Waals surface area contributed by atoms with Crippen molar-refractivity contribution in [3.05, 3.63) is 29.8 Å². The van der Waals surface area contributed by atoms with Crippen LogP contribution in [0.4, 0.5) is 4.39 Å². The van der Waals surface area contributed by atoms with Crippen LogP contribution in [-0.4, -0.2) is 11.0 Å². The smallest absolute Gasteiger partial charge is 0.141 e. The maximum Gasteiger partial charge on any atom is 0.141 e. The van der Waals surface area contributed by atoms with Gasteiger partial charge in [-0.3, -0.25) is 4.98 Å². The fourth-order valence-electron chi connectivity index (χ4n) is 1.69. The second-order valence-corrected chi connectivity index (χ2v) is 3.95. The Labute approximate surface area is 83.6 Å². The van der Waals surface area contributed by atoms with Crippen molar-refractivity contribution >= 4 is 0 Å². The highest BCUT2D eigenvalue weighted by atomic mass is 19.1. The minimum atomic E-state index is -0.259. The van der Waals surface area contributed by atoms with Gasteiger partial charge in [-0.1, -0.05) is 6.42 Å². The van der Waals surface area contributed by atoms with E-state index in [1.54, 1.807) is 12.3 Å². The van der Waals surface area contributed by atoms with Gasteiger partial charge in [0.15, 0.2) is 0 Å². The number of hydrogen-bond donors (Lipinski definition) is 1. The Hall–Kier alpha value is -0.960. The van der Waals surface area contributed by atoms with Crippen molar-refractivity contribution in [1.82, 2.24) is 10.3 Å². The molecule has 76 valence electrons. The Morgan fingerprint density at radius 1 is 1.50 bits per heavy atom. The molecule has 3 heteroatoms. The van der Waals surface area contributed by atoms with Crippen LogP contribution in [0.5, 0.6) is 0 Å². The molecule has 1 unspecified atom stereocenters. The standard InChI is InChI=1S/C11H15FN2/c1-8(14-11-3-2-4-11)9-5-10(12)7-13-6-9/h5-8,11,14H,2-4H2,1H3. The van der Waals surface area contributed by atoms with Crippen molar-refractivity contribution in [2.24, 2.45) is 0 Å². The van der Waals surface area contributed by atoms with Crippen LogP contribution in [0, 0.1) is 5.82 Å². The molecule has 2 rings (SSSR count). The molecule has 1 aromatic rings. The van der Waals surface area contributed by atoms with Crippen LogP contribution in [0.1, 0.15) is 37.8 Å². The van der Waals surface area contributed by atoms with Gasteiger partial charge in [-0.2, -0.15) is 0 Å². The average molecular weight is 194 g/mol. The summed E-state index contributed by atoms with van der Waals surface area (Å²) in [5.41, 5.74) is 0.928. The third kappa shape index (κ3) is 2.10. The molecule has 0 bridgehead atoms. The van der Waals surface area contributed by atoms with E-state index in [0.717, 1.165) is 5.56 Å². The monoisotopic (exact) mass is 194 g/mol. The molecular weight excluding hydrogens is 179 g/mol. The van der Waals surface area contributed by atoms with Gasteiger partial charge < -0.3 is 5.32 Å². The maximum absolute atomic E-state index is 12.9. The first-order valence-electron chi connectivity index (χ1n) is 5.12. The predicted molar refractivity (Wildman–Crippen MR) is 53.4 cm³/mol. The molecule has 0 saturated heterocycles. The van der Waals surface area contributed by atoms with Crippen molar-refractivity contribution in [2.75, 3.05) is 0 Å². The van der Waals surface area contributed by atoms with Crippen molar-refractivity contribution in [3.63, 3.8) is 0 Å². The third-order valence-electron chi connectivity index (χ3n) is 2.82. The van der Waals surface area contributed by atoms with Gasteiger partial charge in [0.05, 0.1) is 6.20 Å². The van der Waals surface area contributed by atoms with Gasteiger partial charge in [0.2, 0.25) is 0 Å². The van der Waals surface area contributed by atoms with Crippen LogP contribution in [-0.2, 0) is 0 Å². The molecule has 1 heterocycles. The Morgan fingerprint density at radius 2 is 2.29 bits per heavy atom. The number of nitrogens with zero attached hydrogens (tertiary/aromatic N) is 1. The highest BCUT2D eigenvalue weighted by Gasteiger charge is 2.19. The quantitative estimate of drug-likeness (QED) is 0.799. The van der Waals surface area contributed by atoms with E-state index in [1.807, 2.05) is 0 Å². The second-order valence-electron chi connectivity index (χ2n) is 3.95. The summed E-state index contributed by atoms with van der Waals surface area (Å²) in [7, 11) is 0. The summed E-state index contributed by atoms with van der Waals surface area (Å²) < 4.78 is 12.9. The average Bonchev–Trinajstić information content (AvgIpc) is 2.11. The van der Waals surface area contributed by atoms with Gasteiger partial charge in [-0.15, -0.1) is 0 Å². The number of pyridine rings is 1. The van der Waals surface area contributed by atoms with E-state index in [4.69, 9.17) is 0 Å². The molecular formula is C11H15FN2. The lowest BCUT2D eigenvalue weighted by Crippen LogP contribution is -2.36. The molecule has 0 aliphatic heterocycles. The fourth-order valence-corrected chi connectivity index (χ4v) is 1.69. The minimum absolute atomic E-state index is 0.198. The largest absolute Gasteiger partial charge is 0.307 e. The molecule has 1 aliphatic carbocycles. The molecule has 1 atom stereocenters. The molecule has 0 spiro atoms. The zero-order valence-corrected chi connectivity index (χ0v) is 8.33. The van der Waals surface area contributed by atoms with E-state index in [2.05, 4.69) is 17.2 Å². The number of aromatic nitrogens is 1. The van der Waals surface area contributed by atoms with Crippen LogP contribution in [0.15, 0.2) is 18.5 Å². The summed E-state index contributed by atoms with van der Waals surface area (Å²) in [5, 5.41) is 3.45. The first-order chi connectivity index (χ1) is 6.75. The van der Waals surface area contributed by atoms with E-state index in [0.29, 0.717) is 6.04 Å². The van der Waals surface area contributed by atoms with E-state index >= 15 is 0 Å². The van der Waals surface area contributed by atoms with Crippen molar-refractivity contribution in [2.45, 2.75) is 38.3 Å². The van der Waals surface area contributed by atoms with Gasteiger partial charge in [-0.05, 0) is 31.4 Å². The number of rotatable bonds is 3. The third-order valence-corrected chi connectivity index (χ3v) is 2.82. The fraction of sp³-hybridized carbons (Fsp3) is 0.545. The summed E-state index contributed by atoms with van der Waals surface area (Å²) in [6, 6.07) is 2.36. The molecule has 0 radical (unpaired) electrons. The van der Waals surface area contributed by atoms with Crippen LogP contribution in [0.3, 0.4) is 0 Å². The lowest BCUT2D eigenvalue weighted by atomic mass is 9.92. The molecule has 1 N–H and O–H groups in total. The zero-order valence-electron chi connectivity index (χ0n) is 8.33. The maximum atomic E-state index is 12.9. The lowest BCUT2D eigenvalue weighted by molar-refractivity contribution is 0.312. The van der Waals surface area contributed by atoms with Crippen LogP contribution >= 0.6 is 0 Å². The first-order valence-corrected chi connectivity index (χ1v) is 5.12. The molecule has 2 nitrogen and oxygen atoms in total. The summed E-state index contributed by atoms with van der Waals surface area (Å²) in [4.78, 5) is 3.84. The highest BCUT2D eigenvalue weighted by Crippen LogP contribution is 2.22. The molecule has 1 fully saturated rings. The number of nitrogens with one attached hydrogen (secondary N) is 1. The van der Waals surface area contributed by atoms with E-state index in [9.17, 15) is 4.39 Å². The Balaban J connectivity index is 1.98. The molecule has 0 amide bonds. The summed E-state index contributed by atoms with van der Waals surface area (Å²) in [6.07, 6.45) is 6.75. The second kappa shape index (κ2) is 4.05. The summed E-state index contributed by atoms with van der Waals surface area (Å²) in [5.74, 6) is -0.259. The number of halogens is 1. The summed E-state index contributed by atoms with van der Waals surface area (Å²) >= 11 is 0. The van der Waals surface area contributed by atoms with Crippen LogP contribution < -0.4 is 5.32 Å². The van der Waals surface area contributed by atoms with E-state index < -0.39 is 0 Å². The summed E-state index contributed by atoms with van der Waals surface area (Å²) in [6.45, 7) is 2.05.